The first-order chi connectivity index (χ1) is 12.7. The van der Waals surface area contributed by atoms with Crippen molar-refractivity contribution in [1.29, 1.82) is 0 Å². The van der Waals surface area contributed by atoms with Crippen LogP contribution in [0.15, 0.2) is 59.7 Å². The molecule has 1 heterocycles. The summed E-state index contributed by atoms with van der Waals surface area (Å²) in [6.07, 6.45) is 5.05. The lowest BCUT2D eigenvalue weighted by molar-refractivity contribution is -0.135. The van der Waals surface area contributed by atoms with E-state index in [1.165, 1.54) is 0 Å². The lowest BCUT2D eigenvalue weighted by Gasteiger charge is -2.18. The maximum atomic E-state index is 12.0. The van der Waals surface area contributed by atoms with Crippen LogP contribution in [-0.2, 0) is 9.59 Å². The van der Waals surface area contributed by atoms with Gasteiger partial charge in [-0.25, -0.2) is 5.43 Å². The molecule has 1 fully saturated rings. The Balaban J connectivity index is 1.51. The number of hydrogen-bond donors (Lipinski definition) is 1. The summed E-state index contributed by atoms with van der Waals surface area (Å²) in [5.41, 5.74) is 5.69. The van der Waals surface area contributed by atoms with Crippen LogP contribution in [0.25, 0.3) is 11.1 Å². The number of amides is 2. The highest BCUT2D eigenvalue weighted by Gasteiger charge is 2.18. The van der Waals surface area contributed by atoms with Crippen molar-refractivity contribution in [2.24, 2.45) is 5.10 Å². The normalized spacial score (nSPS) is 15.1. The molecule has 26 heavy (non-hydrogen) atoms. The van der Waals surface area contributed by atoms with Gasteiger partial charge in [0.2, 0.25) is 5.91 Å². The average molecular weight is 349 g/mol. The summed E-state index contributed by atoms with van der Waals surface area (Å²) in [4.78, 5) is 25.5. The molecular formula is C21H23N3O2. The Bertz CT molecular complexity index is 770. The van der Waals surface area contributed by atoms with Gasteiger partial charge >= 0.3 is 0 Å². The van der Waals surface area contributed by atoms with Crippen LogP contribution in [-0.4, -0.2) is 36.0 Å². The molecule has 0 radical (unpaired) electrons. The van der Waals surface area contributed by atoms with Gasteiger partial charge in [0.25, 0.3) is 5.91 Å². The summed E-state index contributed by atoms with van der Waals surface area (Å²) in [5, 5.41) is 4.00. The van der Waals surface area contributed by atoms with Gasteiger partial charge in [-0.05, 0) is 29.5 Å². The standard InChI is InChI=1S/C21H23N3O2/c25-20(16-24-14-6-2-5-9-21(24)26)23-22-15-17-10-12-19(13-11-17)18-7-3-1-4-8-18/h1,3-4,7-8,10-13,15H,2,5-6,9,14,16H2,(H,23,25)/b22-15-. The molecule has 3 rings (SSSR count). The smallest absolute Gasteiger partial charge is 0.259 e. The summed E-state index contributed by atoms with van der Waals surface area (Å²) in [6, 6.07) is 18.1. The lowest BCUT2D eigenvalue weighted by atomic mass is 10.0. The zero-order valence-corrected chi connectivity index (χ0v) is 14.7. The summed E-state index contributed by atoms with van der Waals surface area (Å²) in [6.45, 7) is 0.722. The first-order valence-electron chi connectivity index (χ1n) is 8.97. The molecule has 5 nitrogen and oxygen atoms in total. The van der Waals surface area contributed by atoms with Crippen molar-refractivity contribution >= 4 is 18.0 Å². The molecule has 1 saturated heterocycles. The van der Waals surface area contributed by atoms with Crippen molar-refractivity contribution in [2.45, 2.75) is 25.7 Å². The van der Waals surface area contributed by atoms with Crippen LogP contribution in [0.2, 0.25) is 0 Å². The highest BCUT2D eigenvalue weighted by atomic mass is 16.2. The van der Waals surface area contributed by atoms with Crippen LogP contribution < -0.4 is 5.43 Å². The topological polar surface area (TPSA) is 61.8 Å². The first-order valence-corrected chi connectivity index (χ1v) is 8.97. The second-order valence-corrected chi connectivity index (χ2v) is 6.41. The third kappa shape index (κ3) is 5.02. The van der Waals surface area contributed by atoms with E-state index in [4.69, 9.17) is 0 Å². The fourth-order valence-corrected chi connectivity index (χ4v) is 2.99. The zero-order chi connectivity index (χ0) is 18.2. The van der Waals surface area contributed by atoms with Crippen LogP contribution in [0.4, 0.5) is 0 Å². The largest absolute Gasteiger partial charge is 0.333 e. The van der Waals surface area contributed by atoms with E-state index in [9.17, 15) is 9.59 Å². The molecule has 2 aromatic rings. The third-order valence-corrected chi connectivity index (χ3v) is 4.43. The van der Waals surface area contributed by atoms with E-state index < -0.39 is 0 Å². The minimum atomic E-state index is -0.266. The van der Waals surface area contributed by atoms with E-state index in [1.54, 1.807) is 11.1 Å². The Labute approximate surface area is 153 Å². The Morgan fingerprint density at radius 1 is 1.00 bits per heavy atom. The number of nitrogens with zero attached hydrogens (tertiary/aromatic N) is 2. The molecule has 0 atom stereocenters. The van der Waals surface area contributed by atoms with Crippen molar-refractivity contribution in [3.05, 3.63) is 60.2 Å². The van der Waals surface area contributed by atoms with Gasteiger partial charge in [0, 0.05) is 13.0 Å². The maximum absolute atomic E-state index is 12.0. The van der Waals surface area contributed by atoms with Crippen molar-refractivity contribution < 1.29 is 9.59 Å². The Morgan fingerprint density at radius 2 is 1.73 bits per heavy atom. The van der Waals surface area contributed by atoms with Crippen LogP contribution in [0.1, 0.15) is 31.2 Å². The maximum Gasteiger partial charge on any atom is 0.259 e. The summed E-state index contributed by atoms with van der Waals surface area (Å²) >= 11 is 0. The number of likely N-dealkylation sites (tertiary alicyclic amines) is 1. The molecule has 0 aromatic heterocycles. The Morgan fingerprint density at radius 3 is 2.50 bits per heavy atom. The number of benzene rings is 2. The fraction of sp³-hybridized carbons (Fsp3) is 0.286. The minimum Gasteiger partial charge on any atom is -0.333 e. The molecule has 134 valence electrons. The molecule has 0 spiro atoms. The third-order valence-electron chi connectivity index (χ3n) is 4.43. The predicted octanol–water partition coefficient (Wildman–Crippen LogP) is 3.21. The molecule has 2 aromatic carbocycles. The van der Waals surface area contributed by atoms with E-state index in [0.29, 0.717) is 13.0 Å². The lowest BCUT2D eigenvalue weighted by Crippen LogP contribution is -2.39. The molecule has 5 heteroatoms. The van der Waals surface area contributed by atoms with Gasteiger partial charge < -0.3 is 4.90 Å². The van der Waals surface area contributed by atoms with E-state index in [1.807, 2.05) is 42.5 Å². The molecule has 0 aliphatic carbocycles. The monoisotopic (exact) mass is 349 g/mol. The van der Waals surface area contributed by atoms with Gasteiger partial charge in [0.15, 0.2) is 0 Å². The van der Waals surface area contributed by atoms with E-state index in [-0.39, 0.29) is 18.4 Å². The molecule has 1 aliphatic heterocycles. The second-order valence-electron chi connectivity index (χ2n) is 6.41. The highest BCUT2D eigenvalue weighted by molar-refractivity contribution is 5.86. The van der Waals surface area contributed by atoms with E-state index in [0.717, 1.165) is 36.0 Å². The van der Waals surface area contributed by atoms with Gasteiger partial charge in [0.05, 0.1) is 6.21 Å². The fourth-order valence-electron chi connectivity index (χ4n) is 2.99. The molecule has 1 aliphatic rings. The highest BCUT2D eigenvalue weighted by Crippen LogP contribution is 2.18. The Hall–Kier alpha value is -2.95. The van der Waals surface area contributed by atoms with Crippen LogP contribution in [0, 0.1) is 0 Å². The first kappa shape index (κ1) is 17.9. The van der Waals surface area contributed by atoms with Gasteiger partial charge in [-0.3, -0.25) is 9.59 Å². The summed E-state index contributed by atoms with van der Waals surface area (Å²) in [7, 11) is 0. The van der Waals surface area contributed by atoms with E-state index >= 15 is 0 Å². The van der Waals surface area contributed by atoms with Crippen molar-refractivity contribution in [1.82, 2.24) is 10.3 Å². The van der Waals surface area contributed by atoms with Gasteiger partial charge in [-0.1, -0.05) is 61.0 Å². The molecule has 1 N–H and O–H groups in total. The second kappa shape index (κ2) is 8.94. The van der Waals surface area contributed by atoms with Crippen molar-refractivity contribution in [3.63, 3.8) is 0 Å². The number of nitrogens with one attached hydrogen (secondary N) is 1. The van der Waals surface area contributed by atoms with Gasteiger partial charge in [-0.15, -0.1) is 0 Å². The van der Waals surface area contributed by atoms with Gasteiger partial charge in [-0.2, -0.15) is 5.10 Å². The SMILES string of the molecule is O=C(CN1CCCCCC1=O)N/N=C\c1ccc(-c2ccccc2)cc1. The quantitative estimate of drug-likeness (QED) is 0.665. The van der Waals surface area contributed by atoms with Crippen LogP contribution in [0.3, 0.4) is 0 Å². The van der Waals surface area contributed by atoms with Crippen LogP contribution in [0.5, 0.6) is 0 Å². The number of hydrogen-bond acceptors (Lipinski definition) is 3. The van der Waals surface area contributed by atoms with E-state index in [2.05, 4.69) is 22.7 Å². The average Bonchev–Trinajstić information content (AvgIpc) is 2.87. The number of carbonyl (C=O) groups is 2. The molecule has 2 amide bonds. The number of carbonyl (C=O) groups excluding carboxylic acids is 2. The number of hydrazone groups is 1. The number of rotatable bonds is 5. The van der Waals surface area contributed by atoms with Crippen molar-refractivity contribution in [3.8, 4) is 11.1 Å². The summed E-state index contributed by atoms with van der Waals surface area (Å²) in [5.74, 6) is -0.212. The molecule has 0 saturated carbocycles. The van der Waals surface area contributed by atoms with Gasteiger partial charge in [0.1, 0.15) is 6.54 Å². The predicted molar refractivity (Wildman–Crippen MR) is 103 cm³/mol. The minimum absolute atomic E-state index is 0.0538. The van der Waals surface area contributed by atoms with Crippen LogP contribution >= 0.6 is 0 Å². The zero-order valence-electron chi connectivity index (χ0n) is 14.7. The molecular weight excluding hydrogens is 326 g/mol. The molecule has 0 bridgehead atoms. The Kier molecular flexibility index (Phi) is 6.14. The van der Waals surface area contributed by atoms with Crippen molar-refractivity contribution in [2.75, 3.05) is 13.1 Å². The molecule has 0 unspecified atom stereocenters. The summed E-state index contributed by atoms with van der Waals surface area (Å²) < 4.78 is 0.